The van der Waals surface area contributed by atoms with E-state index in [-0.39, 0.29) is 11.2 Å². The van der Waals surface area contributed by atoms with Crippen LogP contribution in [-0.4, -0.2) is 37.7 Å². The van der Waals surface area contributed by atoms with E-state index in [2.05, 4.69) is 15.0 Å². The molecule has 4 rings (SSSR count). The van der Waals surface area contributed by atoms with E-state index in [1.54, 1.807) is 6.20 Å². The molecule has 1 saturated heterocycles. The van der Waals surface area contributed by atoms with Crippen molar-refractivity contribution in [3.8, 4) is 0 Å². The van der Waals surface area contributed by atoms with Gasteiger partial charge >= 0.3 is 0 Å². The van der Waals surface area contributed by atoms with Crippen LogP contribution in [0.4, 0.5) is 14.6 Å². The number of aliphatic hydroxyl groups excluding tert-OH is 1. The molecule has 2 aliphatic heterocycles. The normalized spacial score (nSPS) is 22.7. The van der Waals surface area contributed by atoms with Gasteiger partial charge in [0.2, 0.25) is 0 Å². The Morgan fingerprint density at radius 2 is 2.05 bits per heavy atom. The first kappa shape index (κ1) is 12.6. The van der Waals surface area contributed by atoms with Crippen LogP contribution in [0.15, 0.2) is 24.8 Å². The van der Waals surface area contributed by atoms with E-state index < -0.39 is 12.5 Å². The third kappa shape index (κ3) is 1.75. The highest BCUT2D eigenvalue weighted by Crippen LogP contribution is 2.45. The summed E-state index contributed by atoms with van der Waals surface area (Å²) >= 11 is 0. The Balaban J connectivity index is 1.53. The highest BCUT2D eigenvalue weighted by Gasteiger charge is 2.52. The summed E-state index contributed by atoms with van der Waals surface area (Å²) in [6, 6.07) is 0. The van der Waals surface area contributed by atoms with Crippen molar-refractivity contribution in [1.29, 1.82) is 0 Å². The number of rotatable bonds is 2. The summed E-state index contributed by atoms with van der Waals surface area (Å²) in [5, 5.41) is 10.0. The number of alkyl halides is 2. The highest BCUT2D eigenvalue weighted by molar-refractivity contribution is 5.43. The number of hydrogen-bond donors (Lipinski definition) is 1. The molecule has 1 fully saturated rings. The first-order chi connectivity index (χ1) is 10.1. The lowest BCUT2D eigenvalue weighted by Crippen LogP contribution is -2.61. The topological polar surface area (TPSA) is 67.1 Å². The van der Waals surface area contributed by atoms with Gasteiger partial charge in [0.05, 0.1) is 17.9 Å². The Morgan fingerprint density at radius 1 is 1.24 bits per heavy atom. The molecule has 6 nitrogen and oxygen atoms in total. The van der Waals surface area contributed by atoms with Crippen molar-refractivity contribution in [3.63, 3.8) is 0 Å². The zero-order chi connectivity index (χ0) is 14.6. The molecule has 0 amide bonds. The fourth-order valence-corrected chi connectivity index (χ4v) is 3.23. The molecule has 1 unspecified atom stereocenters. The number of hydrogen-bond acceptors (Lipinski definition) is 5. The molecule has 0 aliphatic carbocycles. The Kier molecular flexibility index (Phi) is 2.53. The molecule has 1 atom stereocenters. The maximum absolute atomic E-state index is 12.5. The number of fused-ring (bicyclic) bond motifs is 2. The van der Waals surface area contributed by atoms with Crippen LogP contribution in [0.5, 0.6) is 0 Å². The van der Waals surface area contributed by atoms with Crippen LogP contribution in [0.2, 0.25) is 0 Å². The zero-order valence-electron chi connectivity index (χ0n) is 11.0. The fraction of sp³-hybridized carbons (Fsp3) is 0.462. The Labute approximate surface area is 119 Å². The lowest BCUT2D eigenvalue weighted by atomic mass is 9.87. The number of imidazole rings is 1. The zero-order valence-corrected chi connectivity index (χ0v) is 11.0. The van der Waals surface area contributed by atoms with Gasteiger partial charge in [-0.15, -0.1) is 0 Å². The van der Waals surface area contributed by atoms with Crippen LogP contribution >= 0.6 is 0 Å². The van der Waals surface area contributed by atoms with Gasteiger partial charge in [0, 0.05) is 31.9 Å². The predicted octanol–water partition coefficient (Wildman–Crippen LogP) is 1.26. The monoisotopic (exact) mass is 293 g/mol. The van der Waals surface area contributed by atoms with Crippen LogP contribution in [0.1, 0.15) is 30.5 Å². The second-order valence-corrected chi connectivity index (χ2v) is 5.56. The minimum Gasteiger partial charge on any atom is -0.385 e. The molecule has 8 heteroatoms. The number of anilines is 1. The summed E-state index contributed by atoms with van der Waals surface area (Å²) in [4.78, 5) is 13.9. The molecular formula is C13H13F2N5O. The van der Waals surface area contributed by atoms with Crippen molar-refractivity contribution in [3.05, 3.63) is 36.3 Å². The summed E-state index contributed by atoms with van der Waals surface area (Å²) in [5.41, 5.74) is -0.490. The molecule has 0 saturated carbocycles. The van der Waals surface area contributed by atoms with Gasteiger partial charge in [-0.05, 0) is 0 Å². The third-order valence-corrected chi connectivity index (χ3v) is 4.23. The summed E-state index contributed by atoms with van der Waals surface area (Å²) in [6.07, 6.45) is 3.50. The SMILES string of the molecule is OC1CC2(CN(c3cnc(C(F)F)cn3)C2)n2ccnc21. The van der Waals surface area contributed by atoms with Crippen molar-refractivity contribution in [1.82, 2.24) is 19.5 Å². The second-order valence-electron chi connectivity index (χ2n) is 5.56. The van der Waals surface area contributed by atoms with E-state index in [1.165, 1.54) is 6.20 Å². The molecule has 0 radical (unpaired) electrons. The Bertz CT molecular complexity index is 665. The average molecular weight is 293 g/mol. The van der Waals surface area contributed by atoms with Gasteiger partial charge in [-0.3, -0.25) is 0 Å². The maximum atomic E-state index is 12.5. The first-order valence-electron chi connectivity index (χ1n) is 6.66. The summed E-state index contributed by atoms with van der Waals surface area (Å²) in [7, 11) is 0. The van der Waals surface area contributed by atoms with Gasteiger partial charge in [-0.25, -0.2) is 23.7 Å². The lowest BCUT2D eigenvalue weighted by molar-refractivity contribution is 0.128. The first-order valence-corrected chi connectivity index (χ1v) is 6.66. The summed E-state index contributed by atoms with van der Waals surface area (Å²) in [5.74, 6) is 1.27. The average Bonchev–Trinajstić information content (AvgIpc) is 3.00. The molecule has 0 bridgehead atoms. The Hall–Kier alpha value is -2.09. The summed E-state index contributed by atoms with van der Waals surface area (Å²) in [6.45, 7) is 1.33. The molecule has 4 heterocycles. The van der Waals surface area contributed by atoms with E-state index in [0.717, 1.165) is 6.20 Å². The minimum atomic E-state index is -2.60. The molecule has 1 N–H and O–H groups in total. The van der Waals surface area contributed by atoms with Crippen molar-refractivity contribution >= 4 is 5.82 Å². The number of halogens is 2. The van der Waals surface area contributed by atoms with Crippen molar-refractivity contribution in [2.24, 2.45) is 0 Å². The van der Waals surface area contributed by atoms with Crippen LogP contribution in [0.25, 0.3) is 0 Å². The van der Waals surface area contributed by atoms with Crippen LogP contribution < -0.4 is 4.90 Å². The van der Waals surface area contributed by atoms with E-state index in [1.807, 2.05) is 15.7 Å². The largest absolute Gasteiger partial charge is 0.385 e. The standard InChI is InChI=1S/C13H13F2N5O/c14-11(15)8-4-18-10(5-17-8)19-6-13(7-19)3-9(21)12-16-1-2-20(12)13/h1-2,4-5,9,11,21H,3,6-7H2. The molecule has 2 aliphatic rings. The number of nitrogens with zero attached hydrogens (tertiary/aromatic N) is 5. The van der Waals surface area contributed by atoms with Crippen LogP contribution in [-0.2, 0) is 5.54 Å². The number of aliphatic hydroxyl groups is 1. The Morgan fingerprint density at radius 3 is 2.71 bits per heavy atom. The van der Waals surface area contributed by atoms with E-state index in [9.17, 15) is 13.9 Å². The van der Waals surface area contributed by atoms with Crippen molar-refractivity contribution in [2.75, 3.05) is 18.0 Å². The smallest absolute Gasteiger partial charge is 0.281 e. The number of aromatic nitrogens is 4. The summed E-state index contributed by atoms with van der Waals surface area (Å²) < 4.78 is 26.9. The molecule has 110 valence electrons. The van der Waals surface area contributed by atoms with Crippen LogP contribution in [0.3, 0.4) is 0 Å². The van der Waals surface area contributed by atoms with Crippen molar-refractivity contribution < 1.29 is 13.9 Å². The van der Waals surface area contributed by atoms with Gasteiger partial charge in [0.1, 0.15) is 23.4 Å². The molecular weight excluding hydrogens is 280 g/mol. The highest BCUT2D eigenvalue weighted by atomic mass is 19.3. The maximum Gasteiger partial charge on any atom is 0.281 e. The quantitative estimate of drug-likeness (QED) is 0.903. The van der Waals surface area contributed by atoms with Gasteiger partial charge in [-0.1, -0.05) is 0 Å². The molecule has 0 aromatic carbocycles. The minimum absolute atomic E-state index is 0.172. The van der Waals surface area contributed by atoms with Gasteiger partial charge in [0.15, 0.2) is 0 Å². The molecule has 21 heavy (non-hydrogen) atoms. The molecule has 2 aromatic heterocycles. The third-order valence-electron chi connectivity index (χ3n) is 4.23. The van der Waals surface area contributed by atoms with E-state index >= 15 is 0 Å². The van der Waals surface area contributed by atoms with Crippen molar-refractivity contribution in [2.45, 2.75) is 24.5 Å². The fourth-order valence-electron chi connectivity index (χ4n) is 3.23. The molecule has 1 spiro atoms. The molecule has 2 aromatic rings. The van der Waals surface area contributed by atoms with E-state index in [4.69, 9.17) is 0 Å². The second kappa shape index (κ2) is 4.20. The van der Waals surface area contributed by atoms with Gasteiger partial charge in [-0.2, -0.15) is 0 Å². The van der Waals surface area contributed by atoms with E-state index in [0.29, 0.717) is 31.2 Å². The predicted molar refractivity (Wildman–Crippen MR) is 69.0 cm³/mol. The van der Waals surface area contributed by atoms with Crippen LogP contribution in [0, 0.1) is 0 Å². The van der Waals surface area contributed by atoms with Gasteiger partial charge < -0.3 is 14.6 Å². The lowest BCUT2D eigenvalue weighted by Gasteiger charge is -2.49. The van der Waals surface area contributed by atoms with Gasteiger partial charge in [0.25, 0.3) is 6.43 Å².